The molecule has 0 spiro atoms. The first-order valence-corrected chi connectivity index (χ1v) is 7.92. The van der Waals surface area contributed by atoms with Gasteiger partial charge in [0.1, 0.15) is 0 Å². The van der Waals surface area contributed by atoms with Crippen LogP contribution in [0.4, 0.5) is 5.69 Å². The van der Waals surface area contributed by atoms with Gasteiger partial charge >= 0.3 is 0 Å². The number of benzene rings is 2. The van der Waals surface area contributed by atoms with E-state index in [1.54, 1.807) is 12.1 Å². The Morgan fingerprint density at radius 1 is 0.955 bits per heavy atom. The molecular weight excluding hydrogens is 274 g/mol. The zero-order valence-corrected chi connectivity index (χ0v) is 13.1. The molecule has 0 heterocycles. The predicted octanol–water partition coefficient (Wildman–Crippen LogP) is 5.19. The number of nitrogens with zero attached hydrogens (tertiary/aromatic N) is 1. The van der Waals surface area contributed by atoms with Crippen molar-refractivity contribution in [3.8, 4) is 0 Å². The van der Waals surface area contributed by atoms with Crippen LogP contribution in [0.3, 0.4) is 0 Å². The third kappa shape index (κ3) is 5.32. The fraction of sp³-hybridized carbons (Fsp3) is 0.368. The van der Waals surface area contributed by atoms with Crippen LogP contribution < -0.4 is 0 Å². The van der Waals surface area contributed by atoms with Crippen molar-refractivity contribution in [1.82, 2.24) is 0 Å². The first-order valence-electron chi connectivity index (χ1n) is 7.92. The molecule has 2 aromatic rings. The molecule has 1 atom stereocenters. The Labute approximate surface area is 132 Å². The maximum atomic E-state index is 10.6. The summed E-state index contributed by atoms with van der Waals surface area (Å²) in [5, 5.41) is 10.6. The molecule has 0 aromatic heterocycles. The Kier molecular flexibility index (Phi) is 6.13. The van der Waals surface area contributed by atoms with Crippen molar-refractivity contribution in [1.29, 1.82) is 0 Å². The van der Waals surface area contributed by atoms with E-state index in [4.69, 9.17) is 0 Å². The van der Waals surface area contributed by atoms with Crippen molar-refractivity contribution in [2.45, 2.75) is 39.0 Å². The highest BCUT2D eigenvalue weighted by atomic mass is 16.6. The first kappa shape index (κ1) is 16.2. The molecule has 1 unspecified atom stereocenters. The van der Waals surface area contributed by atoms with E-state index in [2.05, 4.69) is 37.3 Å². The highest BCUT2D eigenvalue weighted by Crippen LogP contribution is 2.18. The lowest BCUT2D eigenvalue weighted by molar-refractivity contribution is -0.384. The molecule has 3 heteroatoms. The summed E-state index contributed by atoms with van der Waals surface area (Å²) >= 11 is 0. The number of nitro benzene ring substituents is 1. The van der Waals surface area contributed by atoms with Crippen LogP contribution in [0.25, 0.3) is 0 Å². The zero-order valence-electron chi connectivity index (χ0n) is 13.1. The summed E-state index contributed by atoms with van der Waals surface area (Å²) in [7, 11) is 0. The summed E-state index contributed by atoms with van der Waals surface area (Å²) in [5.41, 5.74) is 2.76. The maximum Gasteiger partial charge on any atom is 0.269 e. The van der Waals surface area contributed by atoms with Crippen LogP contribution in [0.15, 0.2) is 54.6 Å². The SMILES string of the molecule is CC(CCCCc1ccccc1)Cc1ccc([N+](=O)[O-])cc1. The summed E-state index contributed by atoms with van der Waals surface area (Å²) in [4.78, 5) is 10.3. The average Bonchev–Trinajstić information content (AvgIpc) is 2.53. The fourth-order valence-corrected chi connectivity index (χ4v) is 2.72. The molecule has 0 radical (unpaired) electrons. The van der Waals surface area contributed by atoms with Gasteiger partial charge in [0.05, 0.1) is 4.92 Å². The Morgan fingerprint density at radius 3 is 2.27 bits per heavy atom. The van der Waals surface area contributed by atoms with E-state index in [1.807, 2.05) is 12.1 Å². The molecular formula is C19H23NO2. The number of rotatable bonds is 8. The maximum absolute atomic E-state index is 10.6. The second-order valence-electron chi connectivity index (χ2n) is 5.96. The van der Waals surface area contributed by atoms with Crippen LogP contribution in [0.5, 0.6) is 0 Å². The highest BCUT2D eigenvalue weighted by Gasteiger charge is 2.07. The quantitative estimate of drug-likeness (QED) is 0.382. The van der Waals surface area contributed by atoms with Gasteiger partial charge in [-0.25, -0.2) is 0 Å². The molecule has 0 fully saturated rings. The Bertz CT molecular complexity index is 578. The lowest BCUT2D eigenvalue weighted by Gasteiger charge is -2.11. The normalized spacial score (nSPS) is 12.0. The Hall–Kier alpha value is -2.16. The number of nitro groups is 1. The third-order valence-electron chi connectivity index (χ3n) is 3.99. The second-order valence-corrected chi connectivity index (χ2v) is 5.96. The van der Waals surface area contributed by atoms with E-state index in [0.29, 0.717) is 5.92 Å². The minimum atomic E-state index is -0.350. The Balaban J connectivity index is 1.69. The van der Waals surface area contributed by atoms with E-state index in [-0.39, 0.29) is 10.6 Å². The number of hydrogen-bond acceptors (Lipinski definition) is 2. The minimum Gasteiger partial charge on any atom is -0.258 e. The van der Waals surface area contributed by atoms with Gasteiger partial charge in [0.2, 0.25) is 0 Å². The molecule has 0 aliphatic rings. The molecule has 0 saturated carbocycles. The molecule has 0 amide bonds. The number of hydrogen-bond donors (Lipinski definition) is 0. The van der Waals surface area contributed by atoms with Crippen LogP contribution in [-0.2, 0) is 12.8 Å². The molecule has 0 aliphatic heterocycles. The molecule has 2 rings (SSSR count). The molecule has 0 N–H and O–H groups in total. The molecule has 0 aliphatic carbocycles. The summed E-state index contributed by atoms with van der Waals surface area (Å²) in [5.74, 6) is 0.609. The van der Waals surface area contributed by atoms with Gasteiger partial charge in [0.15, 0.2) is 0 Å². The van der Waals surface area contributed by atoms with Crippen LogP contribution in [0.1, 0.15) is 37.3 Å². The third-order valence-corrected chi connectivity index (χ3v) is 3.99. The van der Waals surface area contributed by atoms with Gasteiger partial charge in [-0.2, -0.15) is 0 Å². The molecule has 116 valence electrons. The van der Waals surface area contributed by atoms with Crippen molar-refractivity contribution in [3.63, 3.8) is 0 Å². The second kappa shape index (κ2) is 8.32. The molecule has 0 saturated heterocycles. The van der Waals surface area contributed by atoms with E-state index in [0.717, 1.165) is 12.8 Å². The van der Waals surface area contributed by atoms with Gasteiger partial charge in [0, 0.05) is 12.1 Å². The topological polar surface area (TPSA) is 43.1 Å². The van der Waals surface area contributed by atoms with Crippen LogP contribution in [0, 0.1) is 16.0 Å². The molecule has 22 heavy (non-hydrogen) atoms. The van der Waals surface area contributed by atoms with Crippen molar-refractivity contribution < 1.29 is 4.92 Å². The summed E-state index contributed by atoms with van der Waals surface area (Å²) in [6, 6.07) is 17.5. The van der Waals surface area contributed by atoms with Gasteiger partial charge in [-0.3, -0.25) is 10.1 Å². The van der Waals surface area contributed by atoms with Crippen LogP contribution in [-0.4, -0.2) is 4.92 Å². The van der Waals surface area contributed by atoms with Gasteiger partial charge in [-0.15, -0.1) is 0 Å². The van der Waals surface area contributed by atoms with Crippen molar-refractivity contribution in [2.24, 2.45) is 5.92 Å². The van der Waals surface area contributed by atoms with E-state index in [9.17, 15) is 10.1 Å². The summed E-state index contributed by atoms with van der Waals surface area (Å²) < 4.78 is 0. The van der Waals surface area contributed by atoms with Gasteiger partial charge in [-0.1, -0.05) is 62.2 Å². The number of non-ortho nitro benzene ring substituents is 1. The smallest absolute Gasteiger partial charge is 0.258 e. The highest BCUT2D eigenvalue weighted by molar-refractivity contribution is 5.32. The first-order chi connectivity index (χ1) is 10.6. The van der Waals surface area contributed by atoms with Crippen LogP contribution in [0.2, 0.25) is 0 Å². The Morgan fingerprint density at radius 2 is 1.64 bits per heavy atom. The van der Waals surface area contributed by atoms with Crippen molar-refractivity contribution in [3.05, 3.63) is 75.8 Å². The summed E-state index contributed by atoms with van der Waals surface area (Å²) in [6.07, 6.45) is 5.77. The average molecular weight is 297 g/mol. The molecule has 2 aromatic carbocycles. The minimum absolute atomic E-state index is 0.166. The van der Waals surface area contributed by atoms with E-state index in [1.165, 1.54) is 30.4 Å². The zero-order chi connectivity index (χ0) is 15.8. The lowest BCUT2D eigenvalue weighted by atomic mass is 9.95. The molecule has 0 bridgehead atoms. The van der Waals surface area contributed by atoms with E-state index < -0.39 is 0 Å². The fourth-order valence-electron chi connectivity index (χ4n) is 2.72. The van der Waals surface area contributed by atoms with Gasteiger partial charge in [0.25, 0.3) is 5.69 Å². The van der Waals surface area contributed by atoms with Gasteiger partial charge < -0.3 is 0 Å². The lowest BCUT2D eigenvalue weighted by Crippen LogP contribution is -2.00. The monoisotopic (exact) mass is 297 g/mol. The van der Waals surface area contributed by atoms with Crippen LogP contribution >= 0.6 is 0 Å². The molecule has 3 nitrogen and oxygen atoms in total. The van der Waals surface area contributed by atoms with Gasteiger partial charge in [-0.05, 0) is 36.3 Å². The number of unbranched alkanes of at least 4 members (excludes halogenated alkanes) is 1. The van der Waals surface area contributed by atoms with Crippen molar-refractivity contribution >= 4 is 5.69 Å². The largest absolute Gasteiger partial charge is 0.269 e. The number of aryl methyl sites for hydroxylation is 1. The van der Waals surface area contributed by atoms with Crippen molar-refractivity contribution in [2.75, 3.05) is 0 Å². The predicted molar refractivity (Wildman–Crippen MR) is 90.0 cm³/mol. The summed E-state index contributed by atoms with van der Waals surface area (Å²) in [6.45, 7) is 2.25. The standard InChI is InChI=1S/C19H23NO2/c1-16(7-5-6-10-17-8-3-2-4-9-17)15-18-11-13-19(14-12-18)20(21)22/h2-4,8-9,11-14,16H,5-7,10,15H2,1H3. The van der Waals surface area contributed by atoms with E-state index >= 15 is 0 Å².